The molecule has 130 valence electrons. The van der Waals surface area contributed by atoms with Crippen LogP contribution in [0, 0.1) is 5.82 Å². The van der Waals surface area contributed by atoms with Crippen molar-refractivity contribution < 1.29 is 22.3 Å². The summed E-state index contributed by atoms with van der Waals surface area (Å²) in [4.78, 5) is 9.90. The second kappa shape index (κ2) is 6.55. The minimum Gasteiger partial charge on any atom is -0.467 e. The second-order valence-electron chi connectivity index (χ2n) is 5.08. The van der Waals surface area contributed by atoms with Gasteiger partial charge >= 0.3 is 12.2 Å². The van der Waals surface area contributed by atoms with Gasteiger partial charge in [0, 0.05) is 30.0 Å². The van der Waals surface area contributed by atoms with E-state index in [-0.39, 0.29) is 22.7 Å². The third kappa shape index (κ3) is 3.13. The highest BCUT2D eigenvalue weighted by Crippen LogP contribution is 2.41. The number of hydrogen-bond donors (Lipinski definition) is 0. The summed E-state index contributed by atoms with van der Waals surface area (Å²) in [5.74, 6) is 0.819. The second-order valence-corrected chi connectivity index (χ2v) is 7.10. The van der Waals surface area contributed by atoms with Crippen molar-refractivity contribution in [1.29, 1.82) is 0 Å². The average molecular weight is 426 g/mol. The first-order valence-electron chi connectivity index (χ1n) is 6.96. The van der Waals surface area contributed by atoms with E-state index in [0.29, 0.717) is 13.1 Å². The summed E-state index contributed by atoms with van der Waals surface area (Å²) >= 11 is 4.43. The van der Waals surface area contributed by atoms with Crippen LogP contribution in [0.25, 0.3) is 10.9 Å². The van der Waals surface area contributed by atoms with Crippen LogP contribution >= 0.6 is 27.7 Å². The Bertz CT molecular complexity index is 781. The first-order chi connectivity index (χ1) is 11.3. The maximum Gasteiger partial charge on any atom is 0.417 e. The van der Waals surface area contributed by atoms with Crippen molar-refractivity contribution in [2.24, 2.45) is 0 Å². The number of rotatable bonds is 2. The van der Waals surface area contributed by atoms with E-state index in [4.69, 9.17) is 4.74 Å². The summed E-state index contributed by atoms with van der Waals surface area (Å²) in [6.45, 7) is 1.22. The Labute approximate surface area is 147 Å². The van der Waals surface area contributed by atoms with Crippen molar-refractivity contribution in [3.63, 3.8) is 0 Å². The zero-order valence-electron chi connectivity index (χ0n) is 12.5. The molecule has 0 bridgehead atoms. The lowest BCUT2D eigenvalue weighted by Gasteiger charge is -2.28. The number of aromatic nitrogens is 2. The number of fused-ring (bicyclic) bond motifs is 1. The fraction of sp³-hybridized carbons (Fsp3) is 0.429. The minimum absolute atomic E-state index is 0.0238. The number of alkyl halides is 3. The van der Waals surface area contributed by atoms with Gasteiger partial charge in [-0.05, 0) is 22.0 Å². The molecule has 24 heavy (non-hydrogen) atoms. The summed E-state index contributed by atoms with van der Waals surface area (Å²) in [7, 11) is 1.33. The molecule has 1 fully saturated rings. The smallest absolute Gasteiger partial charge is 0.417 e. The van der Waals surface area contributed by atoms with Crippen LogP contribution in [0.15, 0.2) is 10.5 Å². The van der Waals surface area contributed by atoms with Gasteiger partial charge in [-0.2, -0.15) is 34.9 Å². The van der Waals surface area contributed by atoms with Crippen LogP contribution in [0.1, 0.15) is 5.56 Å². The number of thioether (sulfide) groups is 1. The Balaban J connectivity index is 2.30. The zero-order chi connectivity index (χ0) is 17.5. The summed E-state index contributed by atoms with van der Waals surface area (Å²) in [6.07, 6.45) is -4.69. The van der Waals surface area contributed by atoms with E-state index >= 15 is 0 Å². The predicted molar refractivity (Wildman–Crippen MR) is 88.3 cm³/mol. The van der Waals surface area contributed by atoms with E-state index in [2.05, 4.69) is 25.9 Å². The molecule has 0 radical (unpaired) electrons. The third-order valence-corrected chi connectivity index (χ3v) is 5.35. The quantitative estimate of drug-likeness (QED) is 0.676. The number of anilines is 1. The normalized spacial score (nSPS) is 15.8. The van der Waals surface area contributed by atoms with E-state index in [9.17, 15) is 17.6 Å². The van der Waals surface area contributed by atoms with Gasteiger partial charge in [0.25, 0.3) is 0 Å². The number of halogens is 5. The van der Waals surface area contributed by atoms with Crippen LogP contribution in [-0.2, 0) is 6.18 Å². The van der Waals surface area contributed by atoms with Crippen LogP contribution in [0.5, 0.6) is 6.01 Å². The Hall–Kier alpha value is -1.29. The molecule has 0 saturated carbocycles. The van der Waals surface area contributed by atoms with Gasteiger partial charge in [-0.25, -0.2) is 4.39 Å². The highest BCUT2D eigenvalue weighted by atomic mass is 79.9. The molecule has 1 aromatic heterocycles. The van der Waals surface area contributed by atoms with E-state index in [1.165, 1.54) is 7.11 Å². The van der Waals surface area contributed by atoms with Gasteiger partial charge in [-0.1, -0.05) is 0 Å². The minimum atomic E-state index is -4.69. The van der Waals surface area contributed by atoms with Crippen molar-refractivity contribution in [2.75, 3.05) is 36.6 Å². The Morgan fingerprint density at radius 1 is 1.25 bits per heavy atom. The highest BCUT2D eigenvalue weighted by Gasteiger charge is 2.36. The topological polar surface area (TPSA) is 38.2 Å². The lowest BCUT2D eigenvalue weighted by molar-refractivity contribution is -0.138. The van der Waals surface area contributed by atoms with Crippen molar-refractivity contribution in [1.82, 2.24) is 9.97 Å². The molecule has 0 atom stereocenters. The first-order valence-corrected chi connectivity index (χ1v) is 8.91. The van der Waals surface area contributed by atoms with Gasteiger partial charge in [-0.15, -0.1) is 0 Å². The highest BCUT2D eigenvalue weighted by molar-refractivity contribution is 9.10. The molecule has 1 saturated heterocycles. The standard InChI is InChI=1S/C14H12BrF4N3OS/c1-23-13-20-11-7(12(21-13)22-2-4-24-5-3-22)6-8(14(17,18)19)9(15)10(11)16/h6H,2-5H2,1H3. The maximum absolute atomic E-state index is 14.5. The molecule has 2 heterocycles. The largest absolute Gasteiger partial charge is 0.467 e. The summed E-state index contributed by atoms with van der Waals surface area (Å²) in [5.41, 5.74) is -1.29. The van der Waals surface area contributed by atoms with Crippen molar-refractivity contribution in [3.05, 3.63) is 21.9 Å². The Kier molecular flexibility index (Phi) is 4.78. The van der Waals surface area contributed by atoms with Crippen molar-refractivity contribution in [3.8, 4) is 6.01 Å². The molecular formula is C14H12BrF4N3OS. The monoisotopic (exact) mass is 425 g/mol. The van der Waals surface area contributed by atoms with E-state index in [0.717, 1.165) is 17.6 Å². The van der Waals surface area contributed by atoms with Gasteiger partial charge in [0.2, 0.25) is 0 Å². The average Bonchev–Trinajstić information content (AvgIpc) is 2.57. The number of nitrogens with zero attached hydrogens (tertiary/aromatic N) is 3. The van der Waals surface area contributed by atoms with Crippen molar-refractivity contribution >= 4 is 44.4 Å². The maximum atomic E-state index is 14.5. The van der Waals surface area contributed by atoms with Gasteiger partial charge in [-0.3, -0.25) is 0 Å². The number of hydrogen-bond acceptors (Lipinski definition) is 5. The third-order valence-electron chi connectivity index (χ3n) is 3.63. The molecule has 4 nitrogen and oxygen atoms in total. The van der Waals surface area contributed by atoms with E-state index in [1.807, 2.05) is 4.90 Å². The van der Waals surface area contributed by atoms with Crippen LogP contribution in [0.2, 0.25) is 0 Å². The Morgan fingerprint density at radius 2 is 1.92 bits per heavy atom. The lowest BCUT2D eigenvalue weighted by atomic mass is 10.1. The SMILES string of the molecule is COc1nc(N2CCSCC2)c2cc(C(F)(F)F)c(Br)c(F)c2n1. The zero-order valence-corrected chi connectivity index (χ0v) is 14.9. The van der Waals surface area contributed by atoms with Crippen LogP contribution < -0.4 is 9.64 Å². The fourth-order valence-corrected chi connectivity index (χ4v) is 3.91. The molecule has 0 N–H and O–H groups in total. The lowest BCUT2D eigenvalue weighted by Crippen LogP contribution is -2.33. The predicted octanol–water partition coefficient (Wildman–Crippen LogP) is 4.11. The Morgan fingerprint density at radius 3 is 2.50 bits per heavy atom. The van der Waals surface area contributed by atoms with Gasteiger partial charge in [0.1, 0.15) is 11.3 Å². The molecule has 2 aromatic rings. The fourth-order valence-electron chi connectivity index (χ4n) is 2.48. The number of methoxy groups -OCH3 is 1. The number of benzene rings is 1. The molecule has 1 aromatic carbocycles. The molecule has 3 rings (SSSR count). The summed E-state index contributed by atoms with van der Waals surface area (Å²) in [6, 6.07) is 0.806. The molecular weight excluding hydrogens is 414 g/mol. The van der Waals surface area contributed by atoms with E-state index < -0.39 is 22.0 Å². The molecule has 10 heteroatoms. The molecule has 0 spiro atoms. The molecule has 0 aliphatic carbocycles. The van der Waals surface area contributed by atoms with Crippen LogP contribution in [-0.4, -0.2) is 41.7 Å². The summed E-state index contributed by atoms with van der Waals surface area (Å²) < 4.78 is 58.5. The van der Waals surface area contributed by atoms with Crippen molar-refractivity contribution in [2.45, 2.75) is 6.18 Å². The van der Waals surface area contributed by atoms with E-state index in [1.54, 1.807) is 11.8 Å². The molecule has 1 aliphatic rings. The van der Waals surface area contributed by atoms with Crippen LogP contribution in [0.3, 0.4) is 0 Å². The van der Waals surface area contributed by atoms with Gasteiger partial charge in [0.05, 0.1) is 17.1 Å². The summed E-state index contributed by atoms with van der Waals surface area (Å²) in [5, 5.41) is 0.0238. The number of ether oxygens (including phenoxy) is 1. The van der Waals surface area contributed by atoms with Gasteiger partial charge < -0.3 is 9.64 Å². The van der Waals surface area contributed by atoms with Crippen LogP contribution in [0.4, 0.5) is 23.4 Å². The first kappa shape index (κ1) is 17.5. The molecule has 1 aliphatic heterocycles. The van der Waals surface area contributed by atoms with Gasteiger partial charge in [0.15, 0.2) is 5.82 Å². The molecule has 0 amide bonds. The molecule has 0 unspecified atom stereocenters.